The Labute approximate surface area is 126 Å². The Morgan fingerprint density at radius 1 is 1.33 bits per heavy atom. The lowest BCUT2D eigenvalue weighted by Gasteiger charge is -2.49. The van der Waals surface area contributed by atoms with Crippen molar-refractivity contribution in [1.29, 1.82) is 0 Å². The monoisotopic (exact) mass is 291 g/mol. The number of ether oxygens (including phenoxy) is 1. The molecule has 1 saturated carbocycles. The van der Waals surface area contributed by atoms with Crippen molar-refractivity contribution in [3.8, 4) is 5.75 Å². The van der Waals surface area contributed by atoms with E-state index in [2.05, 4.69) is 19.0 Å². The van der Waals surface area contributed by atoms with Crippen molar-refractivity contribution in [3.05, 3.63) is 23.8 Å². The fraction of sp³-hybridized carbons (Fsp3) is 0.562. The fourth-order valence-electron chi connectivity index (χ4n) is 2.98. The minimum absolute atomic E-state index is 0.0851. The number of carbonyl (C=O) groups is 1. The number of likely N-dealkylation sites (N-methyl/N-ethyl adjacent to an activating group) is 2. The van der Waals surface area contributed by atoms with Crippen molar-refractivity contribution in [2.45, 2.75) is 24.8 Å². The summed E-state index contributed by atoms with van der Waals surface area (Å²) in [7, 11) is 7.54. The molecule has 1 aromatic rings. The summed E-state index contributed by atoms with van der Waals surface area (Å²) >= 11 is 0. The summed E-state index contributed by atoms with van der Waals surface area (Å²) in [5, 5.41) is 0. The van der Waals surface area contributed by atoms with Crippen molar-refractivity contribution in [1.82, 2.24) is 9.80 Å². The van der Waals surface area contributed by atoms with Gasteiger partial charge in [-0.2, -0.15) is 0 Å². The van der Waals surface area contributed by atoms with Gasteiger partial charge in [0.05, 0.1) is 7.11 Å². The van der Waals surface area contributed by atoms with Gasteiger partial charge in [-0.15, -0.1) is 0 Å². The third-order valence-electron chi connectivity index (χ3n) is 4.60. The smallest absolute Gasteiger partial charge is 0.259 e. The van der Waals surface area contributed by atoms with Crippen LogP contribution < -0.4 is 10.5 Å². The summed E-state index contributed by atoms with van der Waals surface area (Å²) < 4.78 is 5.28. The van der Waals surface area contributed by atoms with Crippen LogP contribution in [-0.4, -0.2) is 56.0 Å². The van der Waals surface area contributed by atoms with Gasteiger partial charge in [0.2, 0.25) is 0 Å². The van der Waals surface area contributed by atoms with Crippen LogP contribution in [0.2, 0.25) is 0 Å². The first-order valence-corrected chi connectivity index (χ1v) is 7.26. The van der Waals surface area contributed by atoms with Gasteiger partial charge in [-0.05, 0) is 45.5 Å². The van der Waals surface area contributed by atoms with Gasteiger partial charge in [0, 0.05) is 24.8 Å². The predicted octanol–water partition coefficient (Wildman–Crippen LogP) is 1.83. The fourth-order valence-corrected chi connectivity index (χ4v) is 2.98. The first kappa shape index (κ1) is 15.6. The second kappa shape index (κ2) is 5.93. The van der Waals surface area contributed by atoms with Crippen molar-refractivity contribution in [3.63, 3.8) is 0 Å². The van der Waals surface area contributed by atoms with Crippen LogP contribution in [0.5, 0.6) is 5.75 Å². The van der Waals surface area contributed by atoms with Crippen molar-refractivity contribution in [2.75, 3.05) is 40.5 Å². The number of nitrogen functional groups attached to an aromatic ring is 1. The van der Waals surface area contributed by atoms with Gasteiger partial charge in [0.15, 0.2) is 0 Å². The first-order valence-electron chi connectivity index (χ1n) is 7.26. The molecule has 1 aromatic carbocycles. The van der Waals surface area contributed by atoms with Crippen LogP contribution in [-0.2, 0) is 0 Å². The van der Waals surface area contributed by atoms with E-state index in [0.717, 1.165) is 12.8 Å². The number of methoxy groups -OCH3 is 1. The van der Waals surface area contributed by atoms with Crippen molar-refractivity contribution >= 4 is 11.6 Å². The molecular weight excluding hydrogens is 266 g/mol. The molecule has 1 amide bonds. The topological polar surface area (TPSA) is 58.8 Å². The lowest BCUT2D eigenvalue weighted by Crippen LogP contribution is -2.57. The number of nitrogens with two attached hydrogens (primary N) is 1. The quantitative estimate of drug-likeness (QED) is 0.841. The average molecular weight is 291 g/mol. The summed E-state index contributed by atoms with van der Waals surface area (Å²) in [6.07, 6.45) is 3.47. The maximum atomic E-state index is 12.7. The highest BCUT2D eigenvalue weighted by molar-refractivity contribution is 6.01. The normalized spacial score (nSPS) is 16.4. The third kappa shape index (κ3) is 2.83. The molecule has 0 bridgehead atoms. The molecule has 2 N–H and O–H groups in total. The SMILES string of the molecule is COc1cccc(N)c1C(=O)N(C)CC1(N(C)C)CCC1. The van der Waals surface area contributed by atoms with Gasteiger partial charge >= 0.3 is 0 Å². The number of rotatable bonds is 5. The van der Waals surface area contributed by atoms with E-state index in [9.17, 15) is 4.79 Å². The Hall–Kier alpha value is -1.75. The molecule has 0 aromatic heterocycles. The number of carbonyl (C=O) groups excluding carboxylic acids is 1. The highest BCUT2D eigenvalue weighted by Crippen LogP contribution is 2.37. The summed E-state index contributed by atoms with van der Waals surface area (Å²) in [5.74, 6) is 0.442. The van der Waals surface area contributed by atoms with Crippen molar-refractivity contribution < 1.29 is 9.53 Å². The highest BCUT2D eigenvalue weighted by atomic mass is 16.5. The standard InChI is InChI=1S/C16H25N3O2/c1-18(2)16(9-6-10-16)11-19(3)15(20)14-12(17)7-5-8-13(14)21-4/h5,7-8H,6,9-11,17H2,1-4H3. The molecule has 0 saturated heterocycles. The Kier molecular flexibility index (Phi) is 4.42. The van der Waals surface area contributed by atoms with Gasteiger partial charge in [-0.1, -0.05) is 6.07 Å². The molecule has 0 aliphatic heterocycles. The maximum Gasteiger partial charge on any atom is 0.259 e. The Bertz CT molecular complexity index is 524. The zero-order chi connectivity index (χ0) is 15.6. The van der Waals surface area contributed by atoms with E-state index in [1.165, 1.54) is 6.42 Å². The molecule has 0 spiro atoms. The van der Waals surface area contributed by atoms with Crippen LogP contribution in [0.25, 0.3) is 0 Å². The molecule has 1 fully saturated rings. The molecule has 1 aliphatic carbocycles. The van der Waals surface area contributed by atoms with Gasteiger partial charge in [0.1, 0.15) is 11.3 Å². The van der Waals surface area contributed by atoms with Crippen LogP contribution in [0.15, 0.2) is 18.2 Å². The highest BCUT2D eigenvalue weighted by Gasteiger charge is 2.41. The molecule has 1 aliphatic rings. The molecule has 5 heteroatoms. The van der Waals surface area contributed by atoms with Gasteiger partial charge in [-0.25, -0.2) is 0 Å². The lowest BCUT2D eigenvalue weighted by molar-refractivity contribution is 0.0252. The molecule has 5 nitrogen and oxygen atoms in total. The second-order valence-electron chi connectivity index (χ2n) is 6.06. The van der Waals surface area contributed by atoms with Gasteiger partial charge in [0.25, 0.3) is 5.91 Å². The van der Waals surface area contributed by atoms with E-state index >= 15 is 0 Å². The minimum atomic E-state index is -0.0851. The molecule has 0 atom stereocenters. The molecule has 2 rings (SSSR count). The van der Waals surface area contributed by atoms with Gasteiger partial charge < -0.3 is 20.3 Å². The first-order chi connectivity index (χ1) is 9.91. The van der Waals surface area contributed by atoms with E-state index in [0.29, 0.717) is 23.5 Å². The van der Waals surface area contributed by atoms with E-state index in [1.807, 2.05) is 7.05 Å². The summed E-state index contributed by atoms with van der Waals surface area (Å²) in [6, 6.07) is 5.29. The van der Waals surface area contributed by atoms with Crippen LogP contribution in [0.4, 0.5) is 5.69 Å². The third-order valence-corrected chi connectivity index (χ3v) is 4.60. The van der Waals surface area contributed by atoms with Crippen LogP contribution in [0.1, 0.15) is 29.6 Å². The van der Waals surface area contributed by atoms with Crippen LogP contribution >= 0.6 is 0 Å². The Balaban J connectivity index is 2.20. The van der Waals surface area contributed by atoms with Crippen LogP contribution in [0.3, 0.4) is 0 Å². The number of hydrogen-bond donors (Lipinski definition) is 1. The number of nitrogens with zero attached hydrogens (tertiary/aromatic N) is 2. The maximum absolute atomic E-state index is 12.7. The Morgan fingerprint density at radius 2 is 2.00 bits per heavy atom. The molecule has 21 heavy (non-hydrogen) atoms. The molecule has 116 valence electrons. The van der Waals surface area contributed by atoms with E-state index in [1.54, 1.807) is 30.2 Å². The zero-order valence-corrected chi connectivity index (χ0v) is 13.3. The van der Waals surface area contributed by atoms with Crippen molar-refractivity contribution in [2.24, 2.45) is 0 Å². The predicted molar refractivity (Wildman–Crippen MR) is 84.6 cm³/mol. The van der Waals surface area contributed by atoms with E-state index in [-0.39, 0.29) is 11.4 Å². The lowest BCUT2D eigenvalue weighted by atomic mass is 9.75. The number of hydrogen-bond acceptors (Lipinski definition) is 4. The second-order valence-corrected chi connectivity index (χ2v) is 6.06. The number of amides is 1. The Morgan fingerprint density at radius 3 is 2.48 bits per heavy atom. The van der Waals surface area contributed by atoms with E-state index in [4.69, 9.17) is 10.5 Å². The summed E-state index contributed by atoms with van der Waals surface area (Å²) in [5.41, 5.74) is 6.98. The molecule has 0 radical (unpaired) electrons. The number of benzene rings is 1. The summed E-state index contributed by atoms with van der Waals surface area (Å²) in [4.78, 5) is 16.7. The zero-order valence-electron chi connectivity index (χ0n) is 13.3. The van der Waals surface area contributed by atoms with E-state index < -0.39 is 0 Å². The minimum Gasteiger partial charge on any atom is -0.496 e. The summed E-state index contributed by atoms with van der Waals surface area (Å²) in [6.45, 7) is 0.705. The average Bonchev–Trinajstić information content (AvgIpc) is 2.40. The van der Waals surface area contributed by atoms with Gasteiger partial charge in [-0.3, -0.25) is 4.79 Å². The largest absolute Gasteiger partial charge is 0.496 e. The van der Waals surface area contributed by atoms with Crippen LogP contribution in [0, 0.1) is 0 Å². The molecule has 0 heterocycles. The number of anilines is 1. The molecular formula is C16H25N3O2. The molecule has 0 unspecified atom stereocenters.